The molecule has 0 saturated carbocycles. The zero-order valence-corrected chi connectivity index (χ0v) is 11.9. The molecule has 0 aromatic carbocycles. The minimum absolute atomic E-state index is 0.217. The molecular formula is C12H23N5O. The van der Waals surface area contributed by atoms with Crippen LogP contribution < -0.4 is 5.32 Å². The van der Waals surface area contributed by atoms with Gasteiger partial charge in [0.15, 0.2) is 5.82 Å². The number of hydrogen-bond donors (Lipinski definition) is 1. The van der Waals surface area contributed by atoms with Crippen molar-refractivity contribution in [3.05, 3.63) is 11.7 Å². The first-order valence-corrected chi connectivity index (χ1v) is 6.36. The lowest BCUT2D eigenvalue weighted by molar-refractivity contribution is 0.108. The lowest BCUT2D eigenvalue weighted by Crippen LogP contribution is -2.45. The molecule has 6 nitrogen and oxygen atoms in total. The molecule has 102 valence electrons. The molecule has 1 aliphatic rings. The third-order valence-electron chi connectivity index (χ3n) is 3.75. The highest BCUT2D eigenvalue weighted by molar-refractivity contribution is 5.03. The molecule has 18 heavy (non-hydrogen) atoms. The summed E-state index contributed by atoms with van der Waals surface area (Å²) in [5.41, 5.74) is -0.287. The molecule has 1 N–H and O–H groups in total. The van der Waals surface area contributed by atoms with Crippen molar-refractivity contribution in [1.82, 2.24) is 25.3 Å². The average molecular weight is 253 g/mol. The highest BCUT2D eigenvalue weighted by Crippen LogP contribution is 2.24. The number of aromatic nitrogens is 2. The molecule has 6 heteroatoms. The van der Waals surface area contributed by atoms with E-state index in [2.05, 4.69) is 39.4 Å². The van der Waals surface area contributed by atoms with E-state index in [4.69, 9.17) is 4.52 Å². The van der Waals surface area contributed by atoms with Gasteiger partial charge >= 0.3 is 0 Å². The topological polar surface area (TPSA) is 57.4 Å². The van der Waals surface area contributed by atoms with Crippen LogP contribution in [0.25, 0.3) is 0 Å². The van der Waals surface area contributed by atoms with Gasteiger partial charge < -0.3 is 14.7 Å². The molecule has 1 aliphatic heterocycles. The molecule has 1 saturated heterocycles. The molecule has 2 rings (SSSR count). The Balaban J connectivity index is 2.19. The summed E-state index contributed by atoms with van der Waals surface area (Å²) in [6, 6.07) is 0.217. The first-order chi connectivity index (χ1) is 8.44. The van der Waals surface area contributed by atoms with Crippen LogP contribution in [0.3, 0.4) is 0 Å². The van der Waals surface area contributed by atoms with Crippen LogP contribution in [-0.4, -0.2) is 60.7 Å². The maximum Gasteiger partial charge on any atom is 0.246 e. The molecule has 1 fully saturated rings. The Morgan fingerprint density at radius 1 is 1.33 bits per heavy atom. The average Bonchev–Trinajstić information content (AvgIpc) is 2.82. The second kappa shape index (κ2) is 4.95. The van der Waals surface area contributed by atoms with Crippen LogP contribution in [-0.2, 0) is 5.54 Å². The van der Waals surface area contributed by atoms with Crippen molar-refractivity contribution in [2.45, 2.75) is 25.4 Å². The summed E-state index contributed by atoms with van der Waals surface area (Å²) in [5.74, 6) is 1.42. The SMILES string of the molecule is CNC(C)(C)c1nc(C2CN(C)CCN2C)no1. The number of nitrogens with one attached hydrogen (secondary N) is 1. The van der Waals surface area contributed by atoms with E-state index in [1.54, 1.807) is 0 Å². The molecule has 0 spiro atoms. The molecule has 1 atom stereocenters. The van der Waals surface area contributed by atoms with Gasteiger partial charge in [-0.2, -0.15) is 4.98 Å². The predicted octanol–water partition coefficient (Wildman–Crippen LogP) is 0.442. The fraction of sp³-hybridized carbons (Fsp3) is 0.833. The summed E-state index contributed by atoms with van der Waals surface area (Å²) in [4.78, 5) is 9.13. The van der Waals surface area contributed by atoms with Gasteiger partial charge in [-0.25, -0.2) is 0 Å². The first-order valence-electron chi connectivity index (χ1n) is 6.36. The van der Waals surface area contributed by atoms with E-state index in [1.165, 1.54) is 0 Å². The van der Waals surface area contributed by atoms with Crippen molar-refractivity contribution in [1.29, 1.82) is 0 Å². The molecule has 0 radical (unpaired) electrons. The van der Waals surface area contributed by atoms with Crippen LogP contribution in [0, 0.1) is 0 Å². The van der Waals surface area contributed by atoms with Crippen LogP contribution in [0.15, 0.2) is 4.52 Å². The molecule has 1 aromatic rings. The summed E-state index contributed by atoms with van der Waals surface area (Å²) in [5, 5.41) is 7.32. The quantitative estimate of drug-likeness (QED) is 0.843. The third kappa shape index (κ3) is 2.55. The highest BCUT2D eigenvalue weighted by Gasteiger charge is 2.31. The van der Waals surface area contributed by atoms with E-state index in [1.807, 2.05) is 20.9 Å². The normalized spacial score (nSPS) is 23.5. The van der Waals surface area contributed by atoms with Crippen molar-refractivity contribution in [3.63, 3.8) is 0 Å². The van der Waals surface area contributed by atoms with E-state index < -0.39 is 0 Å². The monoisotopic (exact) mass is 253 g/mol. The maximum atomic E-state index is 5.39. The standard InChI is InChI=1S/C12H23N5O/c1-12(2,13-3)11-14-10(15-18-11)9-8-16(4)6-7-17(9)5/h9,13H,6-8H2,1-5H3. The van der Waals surface area contributed by atoms with Crippen LogP contribution in [0.1, 0.15) is 31.6 Å². The van der Waals surface area contributed by atoms with Gasteiger partial charge in [0.05, 0.1) is 11.6 Å². The second-order valence-corrected chi connectivity index (χ2v) is 5.59. The molecular weight excluding hydrogens is 230 g/mol. The molecule has 2 heterocycles. The lowest BCUT2D eigenvalue weighted by Gasteiger charge is -2.35. The largest absolute Gasteiger partial charge is 0.337 e. The molecule has 1 aromatic heterocycles. The van der Waals surface area contributed by atoms with E-state index >= 15 is 0 Å². The lowest BCUT2D eigenvalue weighted by atomic mass is 10.1. The van der Waals surface area contributed by atoms with Crippen LogP contribution in [0.2, 0.25) is 0 Å². The fourth-order valence-corrected chi connectivity index (χ4v) is 2.02. The van der Waals surface area contributed by atoms with E-state index in [0.29, 0.717) is 5.89 Å². The highest BCUT2D eigenvalue weighted by atomic mass is 16.5. The third-order valence-corrected chi connectivity index (χ3v) is 3.75. The van der Waals surface area contributed by atoms with Crippen molar-refractivity contribution in [2.24, 2.45) is 0 Å². The molecule has 1 unspecified atom stereocenters. The molecule has 0 aliphatic carbocycles. The number of piperazine rings is 1. The number of likely N-dealkylation sites (N-methyl/N-ethyl adjacent to an activating group) is 2. The van der Waals surface area contributed by atoms with Gasteiger partial charge in [0, 0.05) is 19.6 Å². The Hall–Kier alpha value is -0.980. The molecule has 0 bridgehead atoms. The van der Waals surface area contributed by atoms with Gasteiger partial charge in [-0.05, 0) is 35.0 Å². The smallest absolute Gasteiger partial charge is 0.246 e. The van der Waals surface area contributed by atoms with Crippen LogP contribution in [0.5, 0.6) is 0 Å². The minimum Gasteiger partial charge on any atom is -0.337 e. The Morgan fingerprint density at radius 3 is 2.72 bits per heavy atom. The van der Waals surface area contributed by atoms with Crippen molar-refractivity contribution in [3.8, 4) is 0 Å². The number of hydrogen-bond acceptors (Lipinski definition) is 6. The van der Waals surface area contributed by atoms with Gasteiger partial charge in [0.1, 0.15) is 0 Å². The van der Waals surface area contributed by atoms with E-state index in [9.17, 15) is 0 Å². The Labute approximate surface area is 108 Å². The van der Waals surface area contributed by atoms with Gasteiger partial charge in [-0.3, -0.25) is 4.90 Å². The molecule has 0 amide bonds. The van der Waals surface area contributed by atoms with E-state index in [-0.39, 0.29) is 11.6 Å². The number of rotatable bonds is 3. The maximum absolute atomic E-state index is 5.39. The Kier molecular flexibility index (Phi) is 3.70. The second-order valence-electron chi connectivity index (χ2n) is 5.59. The van der Waals surface area contributed by atoms with Gasteiger partial charge in [0.2, 0.25) is 5.89 Å². The van der Waals surface area contributed by atoms with Gasteiger partial charge in [0.25, 0.3) is 0 Å². The van der Waals surface area contributed by atoms with Gasteiger partial charge in [-0.1, -0.05) is 5.16 Å². The predicted molar refractivity (Wildman–Crippen MR) is 69.3 cm³/mol. The summed E-state index contributed by atoms with van der Waals surface area (Å²) in [6.07, 6.45) is 0. The fourth-order valence-electron chi connectivity index (χ4n) is 2.02. The summed E-state index contributed by atoms with van der Waals surface area (Å²) in [7, 11) is 6.12. The minimum atomic E-state index is -0.287. The van der Waals surface area contributed by atoms with Crippen molar-refractivity contribution >= 4 is 0 Å². The Morgan fingerprint density at radius 2 is 2.06 bits per heavy atom. The summed E-state index contributed by atoms with van der Waals surface area (Å²) < 4.78 is 5.39. The summed E-state index contributed by atoms with van der Waals surface area (Å²) in [6.45, 7) is 7.11. The number of nitrogens with zero attached hydrogens (tertiary/aromatic N) is 4. The zero-order valence-electron chi connectivity index (χ0n) is 11.9. The van der Waals surface area contributed by atoms with Crippen LogP contribution >= 0.6 is 0 Å². The Bertz CT molecular complexity index is 403. The summed E-state index contributed by atoms with van der Waals surface area (Å²) >= 11 is 0. The van der Waals surface area contributed by atoms with Crippen LogP contribution in [0.4, 0.5) is 0 Å². The van der Waals surface area contributed by atoms with Crippen molar-refractivity contribution in [2.75, 3.05) is 40.8 Å². The van der Waals surface area contributed by atoms with E-state index in [0.717, 1.165) is 25.5 Å². The van der Waals surface area contributed by atoms with Gasteiger partial charge in [-0.15, -0.1) is 0 Å². The van der Waals surface area contributed by atoms with Crippen molar-refractivity contribution < 1.29 is 4.52 Å². The first kappa shape index (κ1) is 13.5. The zero-order chi connectivity index (χ0) is 13.3.